The normalized spacial score (nSPS) is 11.2. The third kappa shape index (κ3) is 4.85. The third-order valence-corrected chi connectivity index (χ3v) is 5.49. The number of rotatable bonds is 6. The van der Waals surface area contributed by atoms with Gasteiger partial charge >= 0.3 is 6.03 Å². The molecule has 5 aromatic rings. The molecule has 0 bridgehead atoms. The highest BCUT2D eigenvalue weighted by molar-refractivity contribution is 6.17. The molecule has 7 heteroatoms. The van der Waals surface area contributed by atoms with Gasteiger partial charge in [0.15, 0.2) is 0 Å². The summed E-state index contributed by atoms with van der Waals surface area (Å²) in [7, 11) is 0. The Hall–Kier alpha value is -5.17. The number of aromatic nitrogens is 2. The van der Waals surface area contributed by atoms with Gasteiger partial charge < -0.3 is 10.4 Å². The highest BCUT2D eigenvalue weighted by Gasteiger charge is 2.25. The van der Waals surface area contributed by atoms with Crippen molar-refractivity contribution in [2.45, 2.75) is 0 Å². The van der Waals surface area contributed by atoms with Gasteiger partial charge in [-0.2, -0.15) is 14.9 Å². The van der Waals surface area contributed by atoms with E-state index in [1.54, 1.807) is 12.1 Å². The van der Waals surface area contributed by atoms with Crippen LogP contribution in [0.1, 0.15) is 11.1 Å². The van der Waals surface area contributed by atoms with E-state index in [2.05, 4.69) is 15.8 Å². The fourth-order valence-electron chi connectivity index (χ4n) is 3.82. The van der Waals surface area contributed by atoms with Crippen LogP contribution >= 0.6 is 0 Å². The van der Waals surface area contributed by atoms with Crippen molar-refractivity contribution in [3.05, 3.63) is 132 Å². The SMILES string of the molecule is O=C(N/N=C(\c1ccccc1)c1c(-c2ccccc2)nn(-c2ccccc2)c1O)Nc1ccccc1. The van der Waals surface area contributed by atoms with Crippen LogP contribution in [0.5, 0.6) is 5.88 Å². The molecule has 0 fully saturated rings. The number of amides is 2. The summed E-state index contributed by atoms with van der Waals surface area (Å²) in [4.78, 5) is 12.6. The molecule has 0 aliphatic carbocycles. The van der Waals surface area contributed by atoms with Crippen molar-refractivity contribution in [2.24, 2.45) is 5.10 Å². The highest BCUT2D eigenvalue weighted by Crippen LogP contribution is 2.34. The number of urea groups is 1. The molecule has 36 heavy (non-hydrogen) atoms. The second kappa shape index (κ2) is 10.4. The zero-order valence-corrected chi connectivity index (χ0v) is 19.2. The van der Waals surface area contributed by atoms with E-state index in [0.717, 1.165) is 5.56 Å². The number of nitrogens with zero attached hydrogens (tertiary/aromatic N) is 3. The number of hydrogen-bond donors (Lipinski definition) is 3. The molecule has 0 aliphatic heterocycles. The quantitative estimate of drug-likeness (QED) is 0.214. The summed E-state index contributed by atoms with van der Waals surface area (Å²) in [6.07, 6.45) is 0. The van der Waals surface area contributed by atoms with E-state index in [1.165, 1.54) is 4.68 Å². The van der Waals surface area contributed by atoms with Crippen molar-refractivity contribution in [1.82, 2.24) is 15.2 Å². The van der Waals surface area contributed by atoms with Gasteiger partial charge in [-0.1, -0.05) is 97.1 Å². The van der Waals surface area contributed by atoms with Crippen molar-refractivity contribution in [1.29, 1.82) is 0 Å². The summed E-state index contributed by atoms with van der Waals surface area (Å²) in [5.41, 5.74) is 6.71. The largest absolute Gasteiger partial charge is 0.493 e. The molecule has 0 atom stereocenters. The maximum atomic E-state index is 12.6. The zero-order valence-electron chi connectivity index (χ0n) is 19.2. The summed E-state index contributed by atoms with van der Waals surface area (Å²) in [5.74, 6) is -0.0899. The van der Waals surface area contributed by atoms with Gasteiger partial charge in [0.2, 0.25) is 5.88 Å². The number of hydrazone groups is 1. The van der Waals surface area contributed by atoms with Gasteiger partial charge in [0.25, 0.3) is 0 Å². The minimum absolute atomic E-state index is 0.0899. The molecule has 1 aromatic heterocycles. The van der Waals surface area contributed by atoms with Crippen molar-refractivity contribution < 1.29 is 9.90 Å². The summed E-state index contributed by atoms with van der Waals surface area (Å²) < 4.78 is 1.47. The number of para-hydroxylation sites is 2. The zero-order chi connectivity index (χ0) is 24.7. The maximum Gasteiger partial charge on any atom is 0.339 e. The number of benzene rings is 4. The number of anilines is 1. The number of nitrogens with one attached hydrogen (secondary N) is 2. The Balaban J connectivity index is 1.63. The Morgan fingerprint density at radius 3 is 1.94 bits per heavy atom. The smallest absolute Gasteiger partial charge is 0.339 e. The molecule has 3 N–H and O–H groups in total. The standard InChI is InChI=1S/C29H23N5O2/c35-28-25(27(22-15-7-2-8-16-22)33-34(28)24-19-11-4-12-20-24)26(21-13-5-1-6-14-21)31-32-29(36)30-23-17-9-3-10-18-23/h1-20,35H,(H2,30,32,36)/b31-26+. The van der Waals surface area contributed by atoms with E-state index in [-0.39, 0.29) is 5.88 Å². The van der Waals surface area contributed by atoms with Crippen LogP contribution in [0.15, 0.2) is 126 Å². The molecule has 0 aliphatic rings. The predicted octanol–water partition coefficient (Wildman–Crippen LogP) is 5.82. The molecule has 5 rings (SSSR count). The average molecular weight is 474 g/mol. The lowest BCUT2D eigenvalue weighted by molar-refractivity contribution is 0.252. The molecular formula is C29H23N5O2. The van der Waals surface area contributed by atoms with Gasteiger partial charge in [0.05, 0.1) is 11.3 Å². The fourth-order valence-corrected chi connectivity index (χ4v) is 3.82. The molecule has 0 radical (unpaired) electrons. The molecule has 1 heterocycles. The lowest BCUT2D eigenvalue weighted by Gasteiger charge is -2.10. The maximum absolute atomic E-state index is 12.6. The highest BCUT2D eigenvalue weighted by atomic mass is 16.3. The van der Waals surface area contributed by atoms with Crippen LogP contribution < -0.4 is 10.7 Å². The van der Waals surface area contributed by atoms with Crippen LogP contribution in [0.3, 0.4) is 0 Å². The summed E-state index contributed by atoms with van der Waals surface area (Å²) >= 11 is 0. The molecule has 176 valence electrons. The number of carbonyl (C=O) groups excluding carboxylic acids is 1. The van der Waals surface area contributed by atoms with E-state index >= 15 is 0 Å². The van der Waals surface area contributed by atoms with Crippen molar-refractivity contribution in [2.75, 3.05) is 5.32 Å². The van der Waals surface area contributed by atoms with E-state index in [9.17, 15) is 9.90 Å². The number of carbonyl (C=O) groups is 1. The molecule has 0 spiro atoms. The van der Waals surface area contributed by atoms with E-state index in [1.807, 2.05) is 109 Å². The first-order valence-electron chi connectivity index (χ1n) is 11.4. The molecule has 0 unspecified atom stereocenters. The van der Waals surface area contributed by atoms with Crippen LogP contribution in [-0.2, 0) is 0 Å². The predicted molar refractivity (Wildman–Crippen MR) is 141 cm³/mol. The van der Waals surface area contributed by atoms with Gasteiger partial charge in [-0.05, 0) is 24.3 Å². The van der Waals surface area contributed by atoms with Crippen molar-refractivity contribution in [3.63, 3.8) is 0 Å². The minimum Gasteiger partial charge on any atom is -0.493 e. The molecular weight excluding hydrogens is 450 g/mol. The monoisotopic (exact) mass is 473 g/mol. The summed E-state index contributed by atoms with van der Waals surface area (Å²) in [5, 5.41) is 23.4. The van der Waals surface area contributed by atoms with E-state index in [4.69, 9.17) is 5.10 Å². The van der Waals surface area contributed by atoms with Crippen molar-refractivity contribution >= 4 is 17.4 Å². The van der Waals surface area contributed by atoms with Gasteiger partial charge in [-0.15, -0.1) is 0 Å². The number of aromatic hydroxyl groups is 1. The van der Waals surface area contributed by atoms with Gasteiger partial charge in [-0.3, -0.25) is 0 Å². The Bertz CT molecular complexity index is 1480. The Morgan fingerprint density at radius 2 is 1.31 bits per heavy atom. The van der Waals surface area contributed by atoms with Crippen molar-refractivity contribution in [3.8, 4) is 22.8 Å². The van der Waals surface area contributed by atoms with E-state index in [0.29, 0.717) is 33.9 Å². The van der Waals surface area contributed by atoms with Gasteiger partial charge in [0.1, 0.15) is 11.4 Å². The molecule has 4 aromatic carbocycles. The number of hydrogen-bond acceptors (Lipinski definition) is 4. The Labute approximate surface area is 208 Å². The van der Waals surface area contributed by atoms with Gasteiger partial charge in [0, 0.05) is 16.8 Å². The lowest BCUT2D eigenvalue weighted by Crippen LogP contribution is -2.26. The summed E-state index contributed by atoms with van der Waals surface area (Å²) in [6.45, 7) is 0. The molecule has 7 nitrogen and oxygen atoms in total. The first-order chi connectivity index (χ1) is 17.7. The minimum atomic E-state index is -0.508. The second-order valence-electron chi connectivity index (χ2n) is 7.92. The molecule has 0 saturated heterocycles. The lowest BCUT2D eigenvalue weighted by atomic mass is 9.99. The average Bonchev–Trinajstić information content (AvgIpc) is 3.28. The van der Waals surface area contributed by atoms with Crippen LogP contribution in [-0.4, -0.2) is 26.6 Å². The third-order valence-electron chi connectivity index (χ3n) is 5.49. The summed E-state index contributed by atoms with van der Waals surface area (Å²) in [6, 6.07) is 36.9. The fraction of sp³-hybridized carbons (Fsp3) is 0. The van der Waals surface area contributed by atoms with E-state index < -0.39 is 6.03 Å². The van der Waals surface area contributed by atoms with Crippen LogP contribution in [0, 0.1) is 0 Å². The Kier molecular flexibility index (Phi) is 6.53. The van der Waals surface area contributed by atoms with Crippen LogP contribution in [0.25, 0.3) is 16.9 Å². The first kappa shape index (κ1) is 22.6. The van der Waals surface area contributed by atoms with Gasteiger partial charge in [-0.25, -0.2) is 10.2 Å². The Morgan fingerprint density at radius 1 is 0.750 bits per heavy atom. The first-order valence-corrected chi connectivity index (χ1v) is 11.4. The topological polar surface area (TPSA) is 91.5 Å². The van der Waals surface area contributed by atoms with Crippen LogP contribution in [0.2, 0.25) is 0 Å². The van der Waals surface area contributed by atoms with Crippen LogP contribution in [0.4, 0.5) is 10.5 Å². The molecule has 0 saturated carbocycles. The molecule has 2 amide bonds. The second-order valence-corrected chi connectivity index (χ2v) is 7.92.